The number of aromatic nitrogens is 2. The van der Waals surface area contributed by atoms with Gasteiger partial charge in [0, 0.05) is 22.1 Å². The fourth-order valence-electron chi connectivity index (χ4n) is 2.28. The van der Waals surface area contributed by atoms with Gasteiger partial charge in [0.05, 0.1) is 5.56 Å². The molecule has 1 aromatic heterocycles. The minimum Gasteiger partial charge on any atom is -0.383 e. The summed E-state index contributed by atoms with van der Waals surface area (Å²) in [5.41, 5.74) is 10.0. The number of nitrogens with zero attached hydrogens (tertiary/aromatic N) is 2. The highest BCUT2D eigenvalue weighted by atomic mass is 79.9. The van der Waals surface area contributed by atoms with Gasteiger partial charge in [-0.15, -0.1) is 0 Å². The molecular formula is C16H13BrClN3. The van der Waals surface area contributed by atoms with Crippen molar-refractivity contribution in [2.45, 2.75) is 0 Å². The van der Waals surface area contributed by atoms with E-state index in [9.17, 15) is 0 Å². The number of aryl methyl sites for hydroxylation is 1. The highest BCUT2D eigenvalue weighted by Crippen LogP contribution is 2.37. The third kappa shape index (κ3) is 2.69. The van der Waals surface area contributed by atoms with E-state index in [1.807, 2.05) is 55.6 Å². The Kier molecular flexibility index (Phi) is 3.74. The van der Waals surface area contributed by atoms with Crippen molar-refractivity contribution < 1.29 is 0 Å². The van der Waals surface area contributed by atoms with Crippen LogP contribution < -0.4 is 5.73 Å². The van der Waals surface area contributed by atoms with Gasteiger partial charge in [-0.05, 0) is 29.8 Å². The minimum absolute atomic E-state index is 0.637. The van der Waals surface area contributed by atoms with Crippen molar-refractivity contribution in [3.05, 3.63) is 58.0 Å². The van der Waals surface area contributed by atoms with Crippen molar-refractivity contribution in [1.82, 2.24) is 9.78 Å². The average molecular weight is 363 g/mol. The van der Waals surface area contributed by atoms with Gasteiger partial charge in [-0.3, -0.25) is 4.68 Å². The maximum absolute atomic E-state index is 6.21. The zero-order chi connectivity index (χ0) is 15.0. The molecule has 2 N–H and O–H groups in total. The van der Waals surface area contributed by atoms with Crippen LogP contribution >= 0.6 is 27.5 Å². The molecule has 106 valence electrons. The zero-order valence-electron chi connectivity index (χ0n) is 11.3. The lowest BCUT2D eigenvalue weighted by molar-refractivity contribution is 0.782. The second-order valence-electron chi connectivity index (χ2n) is 4.75. The first-order valence-corrected chi connectivity index (χ1v) is 7.57. The van der Waals surface area contributed by atoms with Crippen LogP contribution in [-0.2, 0) is 7.05 Å². The lowest BCUT2D eigenvalue weighted by Crippen LogP contribution is -1.97. The summed E-state index contributed by atoms with van der Waals surface area (Å²) in [6.45, 7) is 0. The summed E-state index contributed by atoms with van der Waals surface area (Å²) in [7, 11) is 1.84. The van der Waals surface area contributed by atoms with Crippen molar-refractivity contribution in [2.75, 3.05) is 5.73 Å². The van der Waals surface area contributed by atoms with Gasteiger partial charge in [-0.2, -0.15) is 5.10 Å². The number of anilines is 1. The van der Waals surface area contributed by atoms with E-state index in [1.165, 1.54) is 0 Å². The van der Waals surface area contributed by atoms with Gasteiger partial charge in [0.2, 0.25) is 0 Å². The van der Waals surface area contributed by atoms with E-state index in [1.54, 1.807) is 4.68 Å². The molecule has 0 unspecified atom stereocenters. The van der Waals surface area contributed by atoms with Crippen LogP contribution in [0.2, 0.25) is 5.02 Å². The van der Waals surface area contributed by atoms with Crippen molar-refractivity contribution in [3.63, 3.8) is 0 Å². The third-order valence-electron chi connectivity index (χ3n) is 3.32. The molecule has 3 rings (SSSR count). The highest BCUT2D eigenvalue weighted by molar-refractivity contribution is 9.10. The number of hydrogen-bond donors (Lipinski definition) is 1. The molecular weight excluding hydrogens is 350 g/mol. The van der Waals surface area contributed by atoms with E-state index < -0.39 is 0 Å². The number of hydrogen-bond acceptors (Lipinski definition) is 2. The molecule has 0 spiro atoms. The van der Waals surface area contributed by atoms with E-state index in [0.717, 1.165) is 26.9 Å². The molecule has 0 saturated heterocycles. The van der Waals surface area contributed by atoms with Crippen LogP contribution in [0.4, 0.5) is 5.82 Å². The molecule has 0 radical (unpaired) electrons. The molecule has 5 heteroatoms. The Labute approximate surface area is 136 Å². The van der Waals surface area contributed by atoms with Gasteiger partial charge in [0.1, 0.15) is 11.5 Å². The molecule has 0 aliphatic heterocycles. The first-order chi connectivity index (χ1) is 10.1. The number of nitrogens with two attached hydrogens (primary N) is 1. The Balaban J connectivity index is 2.23. The van der Waals surface area contributed by atoms with Crippen LogP contribution in [-0.4, -0.2) is 9.78 Å². The summed E-state index contributed by atoms with van der Waals surface area (Å²) >= 11 is 9.45. The normalized spacial score (nSPS) is 10.8. The predicted octanol–water partition coefficient (Wildman–Crippen LogP) is 4.75. The van der Waals surface area contributed by atoms with Crippen molar-refractivity contribution >= 4 is 33.3 Å². The Morgan fingerprint density at radius 2 is 1.81 bits per heavy atom. The van der Waals surface area contributed by atoms with Crippen LogP contribution in [0.5, 0.6) is 0 Å². The SMILES string of the molecule is Cn1nc(-c2ccc(Cl)cc2)c(-c2cccc(Br)c2)c1N. The lowest BCUT2D eigenvalue weighted by atomic mass is 10.0. The smallest absolute Gasteiger partial charge is 0.129 e. The highest BCUT2D eigenvalue weighted by Gasteiger charge is 2.17. The van der Waals surface area contributed by atoms with Crippen LogP contribution in [0.3, 0.4) is 0 Å². The first-order valence-electron chi connectivity index (χ1n) is 6.40. The lowest BCUT2D eigenvalue weighted by Gasteiger charge is -2.05. The molecule has 0 fully saturated rings. The quantitative estimate of drug-likeness (QED) is 0.715. The maximum atomic E-state index is 6.21. The Bertz CT molecular complexity index is 794. The summed E-state index contributed by atoms with van der Waals surface area (Å²) in [5.74, 6) is 0.637. The summed E-state index contributed by atoms with van der Waals surface area (Å²) in [6, 6.07) is 15.6. The van der Waals surface area contributed by atoms with E-state index in [-0.39, 0.29) is 0 Å². The van der Waals surface area contributed by atoms with Crippen LogP contribution in [0.25, 0.3) is 22.4 Å². The van der Waals surface area contributed by atoms with Crippen LogP contribution in [0, 0.1) is 0 Å². The molecule has 0 saturated carbocycles. The van der Waals surface area contributed by atoms with E-state index >= 15 is 0 Å². The van der Waals surface area contributed by atoms with E-state index in [0.29, 0.717) is 10.8 Å². The second-order valence-corrected chi connectivity index (χ2v) is 6.10. The molecule has 0 aliphatic carbocycles. The van der Waals surface area contributed by atoms with Crippen LogP contribution in [0.1, 0.15) is 0 Å². The van der Waals surface area contributed by atoms with Gasteiger partial charge in [-0.1, -0.05) is 51.8 Å². The van der Waals surface area contributed by atoms with E-state index in [4.69, 9.17) is 17.3 Å². The molecule has 2 aromatic carbocycles. The molecule has 0 aliphatic rings. The predicted molar refractivity (Wildman–Crippen MR) is 91.2 cm³/mol. The van der Waals surface area contributed by atoms with E-state index in [2.05, 4.69) is 21.0 Å². The molecule has 21 heavy (non-hydrogen) atoms. The summed E-state index contributed by atoms with van der Waals surface area (Å²) in [4.78, 5) is 0. The van der Waals surface area contributed by atoms with Gasteiger partial charge in [-0.25, -0.2) is 0 Å². The van der Waals surface area contributed by atoms with Crippen LogP contribution in [0.15, 0.2) is 53.0 Å². The molecule has 3 nitrogen and oxygen atoms in total. The molecule has 3 aromatic rings. The van der Waals surface area contributed by atoms with Crippen molar-refractivity contribution in [2.24, 2.45) is 7.05 Å². The first kappa shape index (κ1) is 14.2. The number of benzene rings is 2. The largest absolute Gasteiger partial charge is 0.383 e. The topological polar surface area (TPSA) is 43.8 Å². The van der Waals surface area contributed by atoms with Crippen molar-refractivity contribution in [1.29, 1.82) is 0 Å². The zero-order valence-corrected chi connectivity index (χ0v) is 13.7. The van der Waals surface area contributed by atoms with Gasteiger partial charge >= 0.3 is 0 Å². The average Bonchev–Trinajstić information content (AvgIpc) is 2.76. The minimum atomic E-state index is 0.637. The Hall–Kier alpha value is -1.78. The number of halogens is 2. The summed E-state index contributed by atoms with van der Waals surface area (Å²) in [5, 5.41) is 5.25. The summed E-state index contributed by atoms with van der Waals surface area (Å²) < 4.78 is 2.70. The second kappa shape index (κ2) is 5.54. The fourth-order valence-corrected chi connectivity index (χ4v) is 2.80. The third-order valence-corrected chi connectivity index (χ3v) is 4.07. The van der Waals surface area contributed by atoms with Gasteiger partial charge in [0.25, 0.3) is 0 Å². The van der Waals surface area contributed by atoms with Crippen molar-refractivity contribution in [3.8, 4) is 22.4 Å². The summed E-state index contributed by atoms with van der Waals surface area (Å²) in [6.07, 6.45) is 0. The van der Waals surface area contributed by atoms with Gasteiger partial charge < -0.3 is 5.73 Å². The molecule has 0 atom stereocenters. The Morgan fingerprint density at radius 3 is 2.48 bits per heavy atom. The maximum Gasteiger partial charge on any atom is 0.129 e. The Morgan fingerprint density at radius 1 is 1.10 bits per heavy atom. The molecule has 1 heterocycles. The number of rotatable bonds is 2. The molecule has 0 bridgehead atoms. The standard InChI is InChI=1S/C16H13BrClN3/c1-21-16(19)14(11-3-2-4-12(17)9-11)15(20-21)10-5-7-13(18)8-6-10/h2-9H,19H2,1H3. The number of nitrogen functional groups attached to an aromatic ring is 1. The monoisotopic (exact) mass is 361 g/mol. The van der Waals surface area contributed by atoms with Gasteiger partial charge in [0.15, 0.2) is 0 Å². The molecule has 0 amide bonds. The fraction of sp³-hybridized carbons (Fsp3) is 0.0625.